The number of aromatic amines is 1. The van der Waals surface area contributed by atoms with Crippen molar-refractivity contribution in [1.82, 2.24) is 9.97 Å². The molecule has 3 aromatic heterocycles. The van der Waals surface area contributed by atoms with Crippen LogP contribution in [-0.2, 0) is 21.2 Å². The van der Waals surface area contributed by atoms with Crippen LogP contribution in [0.2, 0.25) is 0 Å². The minimum Gasteiger partial charge on any atom is -0.351 e. The second-order valence-electron chi connectivity index (χ2n) is 6.17. The second-order valence-corrected chi connectivity index (χ2v) is 10.4. The number of para-hydroxylation sites is 1. The molecule has 0 saturated carbocycles. The number of aldehydes is 1. The number of carbonyl (C=O) groups excluding carboxylic acids is 1. The fraction of sp³-hybridized carbons (Fsp3) is 0.158. The molecule has 6 nitrogen and oxygen atoms in total. The van der Waals surface area contributed by atoms with Crippen LogP contribution in [0.15, 0.2) is 52.2 Å². The molecule has 0 aliphatic heterocycles. The van der Waals surface area contributed by atoms with Crippen LogP contribution in [0.25, 0.3) is 21.6 Å². The minimum atomic E-state index is -3.62. The molecule has 28 heavy (non-hydrogen) atoms. The molecule has 0 spiro atoms. The molecule has 0 aliphatic carbocycles. The molecule has 0 fully saturated rings. The number of H-pyrrole nitrogens is 1. The number of fused-ring (bicyclic) bond motifs is 1. The second kappa shape index (κ2) is 7.50. The number of hydrogen-bond acceptors (Lipinski definition) is 6. The normalized spacial score (nSPS) is 11.8. The molecule has 0 unspecified atom stereocenters. The van der Waals surface area contributed by atoms with E-state index in [0.717, 1.165) is 32.8 Å². The van der Waals surface area contributed by atoms with E-state index < -0.39 is 10.0 Å². The number of rotatable bonds is 7. The van der Waals surface area contributed by atoms with E-state index in [9.17, 15) is 13.2 Å². The number of sulfonamides is 1. The Balaban J connectivity index is 1.73. The maximum Gasteiger partial charge on any atom is 0.273 e. The van der Waals surface area contributed by atoms with Crippen molar-refractivity contribution in [3.8, 4) is 10.7 Å². The number of carbonyl (C=O) groups is 1. The van der Waals surface area contributed by atoms with E-state index >= 15 is 0 Å². The fourth-order valence-corrected chi connectivity index (χ4v) is 6.21. The number of nitrogens with zero attached hydrogens (tertiary/aromatic N) is 2. The molecule has 4 aromatic rings. The number of nitrogens with one attached hydrogen (secondary N) is 1. The summed E-state index contributed by atoms with van der Waals surface area (Å²) in [5.74, 6) is 0. The van der Waals surface area contributed by atoms with Crippen molar-refractivity contribution in [2.45, 2.75) is 17.1 Å². The highest BCUT2D eigenvalue weighted by Crippen LogP contribution is 2.34. The largest absolute Gasteiger partial charge is 0.351 e. The van der Waals surface area contributed by atoms with Gasteiger partial charge in [0.2, 0.25) is 0 Å². The monoisotopic (exact) mass is 431 g/mol. The highest BCUT2D eigenvalue weighted by molar-refractivity contribution is 7.94. The van der Waals surface area contributed by atoms with Gasteiger partial charge in [-0.3, -0.25) is 4.31 Å². The topological polar surface area (TPSA) is 83.1 Å². The number of hydrogen-bond donors (Lipinski definition) is 1. The number of thiophene rings is 1. The lowest BCUT2D eigenvalue weighted by Crippen LogP contribution is -2.26. The van der Waals surface area contributed by atoms with Gasteiger partial charge in [-0.05, 0) is 30.0 Å². The maximum atomic E-state index is 12.9. The van der Waals surface area contributed by atoms with Crippen LogP contribution < -0.4 is 4.31 Å². The van der Waals surface area contributed by atoms with Gasteiger partial charge in [0.05, 0.1) is 16.9 Å². The summed E-state index contributed by atoms with van der Waals surface area (Å²) < 4.78 is 27.4. The standard InChI is InChI=1S/C19H17N3O3S3/c1-22(28(24,25)17-8-4-10-26-17)16-7-2-5-13-11-15(21-18(13)16)19-20-12-14(27-19)6-3-9-23/h2,4-5,7-12,21H,3,6H2,1H3. The molecule has 3 heterocycles. The zero-order chi connectivity index (χ0) is 19.7. The van der Waals surface area contributed by atoms with Crippen LogP contribution >= 0.6 is 22.7 Å². The molecular weight excluding hydrogens is 414 g/mol. The smallest absolute Gasteiger partial charge is 0.273 e. The summed E-state index contributed by atoms with van der Waals surface area (Å²) in [6, 6.07) is 10.9. The molecule has 0 amide bonds. The van der Waals surface area contributed by atoms with Crippen molar-refractivity contribution in [3.05, 3.63) is 52.9 Å². The Hall–Kier alpha value is -2.49. The molecule has 0 radical (unpaired) electrons. The maximum absolute atomic E-state index is 12.9. The first-order valence-corrected chi connectivity index (χ1v) is 11.7. The van der Waals surface area contributed by atoms with Crippen LogP contribution in [0.1, 0.15) is 11.3 Å². The summed E-state index contributed by atoms with van der Waals surface area (Å²) in [7, 11) is -2.06. The molecule has 0 aliphatic rings. The average molecular weight is 432 g/mol. The van der Waals surface area contributed by atoms with Crippen LogP contribution in [0.3, 0.4) is 0 Å². The first-order chi connectivity index (χ1) is 13.5. The Morgan fingerprint density at radius 1 is 1.25 bits per heavy atom. The van der Waals surface area contributed by atoms with Crippen molar-refractivity contribution in [2.24, 2.45) is 0 Å². The summed E-state index contributed by atoms with van der Waals surface area (Å²) in [5.41, 5.74) is 2.14. The van der Waals surface area contributed by atoms with Gasteiger partial charge < -0.3 is 9.78 Å². The Kier molecular flexibility index (Phi) is 5.05. The predicted molar refractivity (Wildman–Crippen MR) is 114 cm³/mol. The van der Waals surface area contributed by atoms with Crippen LogP contribution in [-0.4, -0.2) is 31.7 Å². The molecule has 9 heteroatoms. The van der Waals surface area contributed by atoms with E-state index in [1.807, 2.05) is 18.2 Å². The van der Waals surface area contributed by atoms with Gasteiger partial charge in [0.15, 0.2) is 0 Å². The fourth-order valence-electron chi connectivity index (χ4n) is 2.94. The van der Waals surface area contributed by atoms with Gasteiger partial charge in [-0.2, -0.15) is 0 Å². The molecule has 0 saturated heterocycles. The zero-order valence-corrected chi connectivity index (χ0v) is 17.4. The summed E-state index contributed by atoms with van der Waals surface area (Å²) in [5, 5.41) is 3.47. The van der Waals surface area contributed by atoms with Gasteiger partial charge in [-0.1, -0.05) is 18.2 Å². The molecule has 1 N–H and O–H groups in total. The summed E-state index contributed by atoms with van der Waals surface area (Å²) in [6.07, 6.45) is 3.83. The lowest BCUT2D eigenvalue weighted by molar-refractivity contribution is -0.107. The quantitative estimate of drug-likeness (QED) is 0.442. The van der Waals surface area contributed by atoms with Gasteiger partial charge in [0.25, 0.3) is 10.0 Å². The van der Waals surface area contributed by atoms with Gasteiger partial charge in [-0.25, -0.2) is 13.4 Å². The highest BCUT2D eigenvalue weighted by atomic mass is 32.2. The Morgan fingerprint density at radius 3 is 2.86 bits per heavy atom. The predicted octanol–water partition coefficient (Wildman–Crippen LogP) is 4.31. The summed E-state index contributed by atoms with van der Waals surface area (Å²) in [4.78, 5) is 19.4. The van der Waals surface area contributed by atoms with Crippen LogP contribution in [0, 0.1) is 0 Å². The lowest BCUT2D eigenvalue weighted by atomic mass is 10.2. The number of anilines is 1. The van der Waals surface area contributed by atoms with Crippen LogP contribution in [0.5, 0.6) is 0 Å². The Bertz CT molecular complexity index is 1220. The zero-order valence-electron chi connectivity index (χ0n) is 15.0. The van der Waals surface area contributed by atoms with Gasteiger partial charge in [-0.15, -0.1) is 22.7 Å². The SMILES string of the molecule is CN(c1cccc2cc(-c3ncc(CCC=O)s3)[nH]c12)S(=O)(=O)c1cccs1. The van der Waals surface area contributed by atoms with Crippen molar-refractivity contribution in [2.75, 3.05) is 11.4 Å². The van der Waals surface area contributed by atoms with Gasteiger partial charge in [0.1, 0.15) is 15.5 Å². The van der Waals surface area contributed by atoms with E-state index in [1.54, 1.807) is 36.8 Å². The first kappa shape index (κ1) is 18.9. The van der Waals surface area contributed by atoms with Crippen LogP contribution in [0.4, 0.5) is 5.69 Å². The minimum absolute atomic E-state index is 0.304. The van der Waals surface area contributed by atoms with Crippen molar-refractivity contribution >= 4 is 55.6 Å². The van der Waals surface area contributed by atoms with Crippen molar-refractivity contribution < 1.29 is 13.2 Å². The van der Waals surface area contributed by atoms with Gasteiger partial charge >= 0.3 is 0 Å². The van der Waals surface area contributed by atoms with Crippen molar-refractivity contribution in [1.29, 1.82) is 0 Å². The molecular formula is C19H17N3O3S3. The molecule has 4 rings (SSSR count). The van der Waals surface area contributed by atoms with Gasteiger partial charge in [0, 0.05) is 29.9 Å². The Labute approximate surface area is 170 Å². The number of thiazole rings is 1. The molecule has 1 aromatic carbocycles. The van der Waals surface area contributed by atoms with Crippen molar-refractivity contribution in [3.63, 3.8) is 0 Å². The number of aryl methyl sites for hydroxylation is 1. The number of benzene rings is 1. The Morgan fingerprint density at radius 2 is 2.11 bits per heavy atom. The highest BCUT2D eigenvalue weighted by Gasteiger charge is 2.24. The third-order valence-electron chi connectivity index (χ3n) is 4.38. The first-order valence-electron chi connectivity index (χ1n) is 8.53. The van der Waals surface area contributed by atoms with E-state index in [2.05, 4.69) is 9.97 Å². The average Bonchev–Trinajstić information content (AvgIpc) is 3.45. The molecule has 0 bridgehead atoms. The summed E-state index contributed by atoms with van der Waals surface area (Å²) in [6.45, 7) is 0. The molecule has 0 atom stereocenters. The lowest BCUT2D eigenvalue weighted by Gasteiger charge is -2.19. The van der Waals surface area contributed by atoms with E-state index in [-0.39, 0.29) is 0 Å². The van der Waals surface area contributed by atoms with E-state index in [4.69, 9.17) is 0 Å². The summed E-state index contributed by atoms with van der Waals surface area (Å²) >= 11 is 2.72. The third-order valence-corrected chi connectivity index (χ3v) is 8.61. The van der Waals surface area contributed by atoms with E-state index in [0.29, 0.717) is 22.7 Å². The van der Waals surface area contributed by atoms with E-state index in [1.165, 1.54) is 27.0 Å². The third kappa shape index (κ3) is 3.36. The number of aromatic nitrogens is 2. The molecule has 144 valence electrons.